The third-order valence-corrected chi connectivity index (χ3v) is 3.00. The molecule has 0 saturated heterocycles. The molecule has 1 aromatic carbocycles. The van der Waals surface area contributed by atoms with Gasteiger partial charge in [0.1, 0.15) is 0 Å². The van der Waals surface area contributed by atoms with Gasteiger partial charge in [0.15, 0.2) is 0 Å². The molecule has 0 aromatic heterocycles. The summed E-state index contributed by atoms with van der Waals surface area (Å²) in [4.78, 5) is 2.39. The molecule has 2 nitrogen and oxygen atoms in total. The number of hydrogen-bond donors (Lipinski definition) is 1. The fraction of sp³-hybridized carbons (Fsp3) is 0.500. The lowest BCUT2D eigenvalue weighted by Gasteiger charge is -2.25. The first-order valence-corrected chi connectivity index (χ1v) is 5.32. The lowest BCUT2D eigenvalue weighted by atomic mass is 10.1. The minimum Gasteiger partial charge on any atom is -0.396 e. The maximum absolute atomic E-state index is 8.99. The van der Waals surface area contributed by atoms with Gasteiger partial charge in [0.25, 0.3) is 0 Å². The van der Waals surface area contributed by atoms with Gasteiger partial charge >= 0.3 is 0 Å². The lowest BCUT2D eigenvalue weighted by molar-refractivity contribution is 0.274. The topological polar surface area (TPSA) is 23.5 Å². The summed E-state index contributed by atoms with van der Waals surface area (Å²) in [6, 6.07) is 9.05. The van der Waals surface area contributed by atoms with E-state index in [0.29, 0.717) is 6.04 Å². The van der Waals surface area contributed by atoms with Crippen molar-refractivity contribution in [3.8, 4) is 0 Å². The SMILES string of the molecule is CCN1c2ccccc2CC1CCO. The number of aliphatic hydroxyl groups is 1. The summed E-state index contributed by atoms with van der Waals surface area (Å²) in [5.74, 6) is 0. The molecule has 14 heavy (non-hydrogen) atoms. The highest BCUT2D eigenvalue weighted by Gasteiger charge is 2.26. The molecule has 1 atom stereocenters. The second-order valence-electron chi connectivity index (χ2n) is 3.78. The van der Waals surface area contributed by atoms with Crippen molar-refractivity contribution in [1.82, 2.24) is 0 Å². The van der Waals surface area contributed by atoms with E-state index >= 15 is 0 Å². The van der Waals surface area contributed by atoms with E-state index in [1.807, 2.05) is 0 Å². The largest absolute Gasteiger partial charge is 0.396 e. The van der Waals surface area contributed by atoms with E-state index in [4.69, 9.17) is 5.11 Å². The van der Waals surface area contributed by atoms with Crippen LogP contribution in [0.4, 0.5) is 5.69 Å². The highest BCUT2D eigenvalue weighted by molar-refractivity contribution is 5.59. The molecule has 1 N–H and O–H groups in total. The minimum atomic E-state index is 0.287. The number of hydrogen-bond acceptors (Lipinski definition) is 2. The van der Waals surface area contributed by atoms with Crippen molar-refractivity contribution in [2.75, 3.05) is 18.1 Å². The maximum atomic E-state index is 8.99. The highest BCUT2D eigenvalue weighted by Crippen LogP contribution is 2.32. The van der Waals surface area contributed by atoms with Gasteiger partial charge in [-0.1, -0.05) is 18.2 Å². The molecule has 1 heterocycles. The number of rotatable bonds is 3. The number of fused-ring (bicyclic) bond motifs is 1. The summed E-state index contributed by atoms with van der Waals surface area (Å²) in [7, 11) is 0. The van der Waals surface area contributed by atoms with Gasteiger partial charge in [-0.15, -0.1) is 0 Å². The quantitative estimate of drug-likeness (QED) is 0.787. The van der Waals surface area contributed by atoms with Crippen molar-refractivity contribution in [1.29, 1.82) is 0 Å². The lowest BCUT2D eigenvalue weighted by Crippen LogP contribution is -2.32. The summed E-state index contributed by atoms with van der Waals surface area (Å²) in [6.45, 7) is 3.49. The van der Waals surface area contributed by atoms with Crippen LogP contribution in [0, 0.1) is 0 Å². The predicted molar refractivity (Wildman–Crippen MR) is 58.7 cm³/mol. The third-order valence-electron chi connectivity index (χ3n) is 3.00. The molecule has 2 rings (SSSR count). The van der Waals surface area contributed by atoms with E-state index in [9.17, 15) is 0 Å². The van der Waals surface area contributed by atoms with Crippen LogP contribution in [0.2, 0.25) is 0 Å². The van der Waals surface area contributed by atoms with Crippen molar-refractivity contribution < 1.29 is 5.11 Å². The van der Waals surface area contributed by atoms with Gasteiger partial charge in [-0.05, 0) is 31.4 Å². The van der Waals surface area contributed by atoms with Crippen LogP contribution in [-0.2, 0) is 6.42 Å². The Morgan fingerprint density at radius 2 is 2.21 bits per heavy atom. The van der Waals surface area contributed by atoms with E-state index in [2.05, 4.69) is 36.1 Å². The molecule has 0 aliphatic carbocycles. The van der Waals surface area contributed by atoms with Crippen molar-refractivity contribution in [2.24, 2.45) is 0 Å². The second-order valence-corrected chi connectivity index (χ2v) is 3.78. The molecule has 0 spiro atoms. The normalized spacial score (nSPS) is 19.9. The monoisotopic (exact) mass is 191 g/mol. The van der Waals surface area contributed by atoms with Crippen molar-refractivity contribution in [3.05, 3.63) is 29.8 Å². The molecule has 0 fully saturated rings. The maximum Gasteiger partial charge on any atom is 0.0450 e. The molecular weight excluding hydrogens is 174 g/mol. The van der Waals surface area contributed by atoms with Gasteiger partial charge in [0.05, 0.1) is 0 Å². The fourth-order valence-electron chi connectivity index (χ4n) is 2.36. The smallest absolute Gasteiger partial charge is 0.0450 e. The Labute approximate surface area is 85.2 Å². The predicted octanol–water partition coefficient (Wildman–Crippen LogP) is 1.82. The Balaban J connectivity index is 2.24. The Morgan fingerprint density at radius 1 is 1.43 bits per heavy atom. The first kappa shape index (κ1) is 9.53. The summed E-state index contributed by atoms with van der Waals surface area (Å²) in [6.07, 6.45) is 1.97. The average Bonchev–Trinajstić information content (AvgIpc) is 2.55. The van der Waals surface area contributed by atoms with Crippen LogP contribution in [0.15, 0.2) is 24.3 Å². The number of benzene rings is 1. The summed E-state index contributed by atoms with van der Waals surface area (Å²) >= 11 is 0. The molecule has 0 amide bonds. The first-order valence-electron chi connectivity index (χ1n) is 5.32. The number of likely N-dealkylation sites (N-methyl/N-ethyl adjacent to an activating group) is 1. The summed E-state index contributed by atoms with van der Waals surface area (Å²) < 4.78 is 0. The van der Waals surface area contributed by atoms with Crippen molar-refractivity contribution >= 4 is 5.69 Å². The van der Waals surface area contributed by atoms with Gasteiger partial charge in [-0.3, -0.25) is 0 Å². The van der Waals surface area contributed by atoms with Crippen LogP contribution in [0.5, 0.6) is 0 Å². The molecule has 2 heteroatoms. The van der Waals surface area contributed by atoms with E-state index < -0.39 is 0 Å². The second kappa shape index (κ2) is 4.01. The molecule has 0 radical (unpaired) electrons. The van der Waals surface area contributed by atoms with Crippen molar-refractivity contribution in [3.63, 3.8) is 0 Å². The summed E-state index contributed by atoms with van der Waals surface area (Å²) in [5, 5.41) is 8.99. The average molecular weight is 191 g/mol. The Hall–Kier alpha value is -1.02. The summed E-state index contributed by atoms with van der Waals surface area (Å²) in [5.41, 5.74) is 2.78. The molecule has 1 aromatic rings. The van der Waals surface area contributed by atoms with E-state index in [0.717, 1.165) is 19.4 Å². The van der Waals surface area contributed by atoms with Gasteiger partial charge in [-0.2, -0.15) is 0 Å². The molecule has 0 saturated carbocycles. The molecular formula is C12H17NO. The Kier molecular flexibility index (Phi) is 2.73. The zero-order chi connectivity index (χ0) is 9.97. The third kappa shape index (κ3) is 1.50. The van der Waals surface area contributed by atoms with Crippen molar-refractivity contribution in [2.45, 2.75) is 25.8 Å². The number of para-hydroxylation sites is 1. The van der Waals surface area contributed by atoms with Crippen LogP contribution in [-0.4, -0.2) is 24.3 Å². The van der Waals surface area contributed by atoms with E-state index in [-0.39, 0.29) is 6.61 Å². The van der Waals surface area contributed by atoms with Crippen LogP contribution in [0.3, 0.4) is 0 Å². The Bertz CT molecular complexity index is 311. The van der Waals surface area contributed by atoms with Gasteiger partial charge < -0.3 is 10.0 Å². The van der Waals surface area contributed by atoms with Crippen LogP contribution >= 0.6 is 0 Å². The first-order chi connectivity index (χ1) is 6.86. The van der Waals surface area contributed by atoms with E-state index in [1.165, 1.54) is 11.3 Å². The van der Waals surface area contributed by atoms with Gasteiger partial charge in [-0.25, -0.2) is 0 Å². The number of nitrogens with zero attached hydrogens (tertiary/aromatic N) is 1. The minimum absolute atomic E-state index is 0.287. The Morgan fingerprint density at radius 3 is 2.93 bits per heavy atom. The van der Waals surface area contributed by atoms with Crippen LogP contribution < -0.4 is 4.90 Å². The number of aliphatic hydroxyl groups excluding tert-OH is 1. The molecule has 76 valence electrons. The zero-order valence-electron chi connectivity index (χ0n) is 8.61. The van der Waals surface area contributed by atoms with Gasteiger partial charge in [0, 0.05) is 24.9 Å². The molecule has 1 aliphatic heterocycles. The van der Waals surface area contributed by atoms with Crippen LogP contribution in [0.25, 0.3) is 0 Å². The van der Waals surface area contributed by atoms with Gasteiger partial charge in [0.2, 0.25) is 0 Å². The number of anilines is 1. The zero-order valence-corrected chi connectivity index (χ0v) is 8.61. The highest BCUT2D eigenvalue weighted by atomic mass is 16.3. The molecule has 0 bridgehead atoms. The standard InChI is InChI=1S/C12H17NO/c1-2-13-11(7-8-14)9-10-5-3-4-6-12(10)13/h3-6,11,14H,2,7-9H2,1H3. The molecule has 1 aliphatic rings. The fourth-order valence-corrected chi connectivity index (χ4v) is 2.36. The molecule has 1 unspecified atom stereocenters. The van der Waals surface area contributed by atoms with E-state index in [1.54, 1.807) is 0 Å². The van der Waals surface area contributed by atoms with Crippen LogP contribution in [0.1, 0.15) is 18.9 Å².